The van der Waals surface area contributed by atoms with Gasteiger partial charge in [0.2, 0.25) is 0 Å². The zero-order chi connectivity index (χ0) is 30.1. The van der Waals surface area contributed by atoms with Gasteiger partial charge in [0, 0.05) is 178 Å². The quantitative estimate of drug-likeness (QED) is 0.315. The predicted octanol–water partition coefficient (Wildman–Crippen LogP) is -7.12. The highest BCUT2D eigenvalue weighted by molar-refractivity contribution is 8.24. The summed E-state index contributed by atoms with van der Waals surface area (Å²) in [4.78, 5) is 10.4. The molecule has 0 atom stereocenters. The number of hydrogen-bond donors (Lipinski definition) is 1. The topological polar surface area (TPSA) is 37.3 Å². The van der Waals surface area contributed by atoms with Crippen LogP contribution in [0.2, 0.25) is 0 Å². The Balaban J connectivity index is 0.000000875. The fourth-order valence-electron chi connectivity index (χ4n) is 4.51. The van der Waals surface area contributed by atoms with Crippen LogP contribution in [0.1, 0.15) is 15.9 Å². The molecule has 0 aliphatic carbocycles. The first-order valence-corrected chi connectivity index (χ1v) is 11.3. The third-order valence-corrected chi connectivity index (χ3v) is 6.13. The summed E-state index contributed by atoms with van der Waals surface area (Å²) in [5, 5.41) is 8.43. The summed E-state index contributed by atoms with van der Waals surface area (Å²) in [6.45, 7) is 0. The second-order valence-corrected chi connectivity index (χ2v) is 8.89. The lowest BCUT2D eigenvalue weighted by molar-refractivity contribution is -0.138. The van der Waals surface area contributed by atoms with Gasteiger partial charge in [-0.2, -0.15) is 13.2 Å². The fraction of sp³-hybridized carbons (Fsp3) is 0.125. The Morgan fingerprint density at radius 2 is 1.03 bits per heavy atom. The van der Waals surface area contributed by atoms with Gasteiger partial charge < -0.3 is 5.11 Å². The maximum Gasteiger partial charge on any atom is 0.417 e. The molecule has 0 heterocycles. The highest BCUT2D eigenvalue weighted by Gasteiger charge is 2.48. The molecule has 0 aromatic heterocycles. The minimum Gasteiger partial charge on any atom is -0.478 e. The van der Waals surface area contributed by atoms with E-state index in [2.05, 4.69) is 0 Å². The molecule has 2 nitrogen and oxygen atoms in total. The summed E-state index contributed by atoms with van der Waals surface area (Å²) >= 11 is 0. The largest absolute Gasteiger partial charge is 0.478 e. The van der Waals surface area contributed by atoms with E-state index in [1.807, 2.05) is 0 Å². The van der Waals surface area contributed by atoms with Crippen molar-refractivity contribution in [2.24, 2.45) is 0 Å². The summed E-state index contributed by atoms with van der Waals surface area (Å²) in [5.74, 6) is -1.58. The molecule has 1 aromatic rings. The van der Waals surface area contributed by atoms with Gasteiger partial charge >= 0.3 is 12.1 Å². The molecule has 30 heteroatoms. The number of halogens is 3. The van der Waals surface area contributed by atoms with Crippen LogP contribution in [0.4, 0.5) is 13.2 Å². The van der Waals surface area contributed by atoms with Crippen molar-refractivity contribution in [3.63, 3.8) is 0 Å². The van der Waals surface area contributed by atoms with Gasteiger partial charge in [0.15, 0.2) is 0 Å². The van der Waals surface area contributed by atoms with Crippen LogP contribution < -0.4 is 0 Å². The van der Waals surface area contributed by atoms with E-state index in [-0.39, 0.29) is 0 Å². The molecule has 0 fully saturated rings. The average Bonchev–Trinajstić information content (AvgIpc) is 2.75. The zero-order valence-corrected chi connectivity index (χ0v) is 20.7. The normalized spacial score (nSPS) is 9.97. The van der Waals surface area contributed by atoms with Crippen molar-refractivity contribution in [1.82, 2.24) is 0 Å². The van der Waals surface area contributed by atoms with Crippen LogP contribution in [-0.4, -0.2) is 189 Å². The molecule has 0 saturated carbocycles. The lowest BCUT2D eigenvalue weighted by Gasteiger charge is -2.47. The van der Waals surface area contributed by atoms with Crippen molar-refractivity contribution in [2.45, 2.75) is 6.18 Å². The van der Waals surface area contributed by atoms with Crippen molar-refractivity contribution < 1.29 is 23.1 Å². The maximum atomic E-state index is 12.1. The summed E-state index contributed by atoms with van der Waals surface area (Å²) < 4.78 is 36.4. The Labute approximate surface area is 247 Å². The van der Waals surface area contributed by atoms with Gasteiger partial charge in [-0.1, -0.05) is 12.1 Å². The Kier molecular flexibility index (Phi) is 17.2. The molecule has 1 N–H and O–H groups in total. The second-order valence-electron chi connectivity index (χ2n) is 8.89. The minimum absolute atomic E-state index is 0.648. The van der Waals surface area contributed by atoms with E-state index in [4.69, 9.17) is 106 Å². The summed E-state index contributed by atoms with van der Waals surface area (Å²) in [7, 11) is 77.9. The third-order valence-electron chi connectivity index (χ3n) is 6.13. The summed E-state index contributed by atoms with van der Waals surface area (Å²) in [5.41, 5.74) is -1.85. The number of carboxylic acid groups (broad SMARTS) is 1. The Hall–Kier alpha value is 0.103. The third kappa shape index (κ3) is 11.2. The SMILES string of the molecule is O=C(O)c1ccccc1C(F)(F)F.[B][B]B(B([B])[B])B(B([B])[B])B(B(B([B])[B])B([B])[B])B(B([B])[B])B([B])[B]. The van der Waals surface area contributed by atoms with Gasteiger partial charge in [-0.15, -0.1) is 0 Å². The van der Waals surface area contributed by atoms with Gasteiger partial charge in [0.05, 0.1) is 11.1 Å². The van der Waals surface area contributed by atoms with E-state index in [0.29, 0.717) is 0 Å². The molecule has 1 aromatic carbocycles. The monoisotopic (exact) mass is 465 g/mol. The van der Waals surface area contributed by atoms with E-state index < -0.39 is 93.5 Å². The Morgan fingerprint density at radius 3 is 1.26 bits per heavy atom. The second kappa shape index (κ2) is 17.2. The van der Waals surface area contributed by atoms with Gasteiger partial charge in [0.1, 0.15) is 0 Å². The maximum absolute atomic E-state index is 12.1. The molecule has 1 rings (SSSR count). The van der Waals surface area contributed by atoms with E-state index >= 15 is 0 Å². The first-order chi connectivity index (χ1) is 17.3. The lowest BCUT2D eigenvalue weighted by atomic mass is 8.35. The van der Waals surface area contributed by atoms with Crippen LogP contribution in [0.5, 0.6) is 0 Å². The molecule has 0 bridgehead atoms. The number of aromatic carboxylic acids is 1. The summed E-state index contributed by atoms with van der Waals surface area (Å²) in [6.07, 6.45) is -13.8. The van der Waals surface area contributed by atoms with Crippen LogP contribution >= 0.6 is 0 Å². The number of benzene rings is 1. The smallest absolute Gasteiger partial charge is 0.417 e. The number of carboxylic acids is 1. The summed E-state index contributed by atoms with van der Waals surface area (Å²) in [6, 6.07) is 4.06. The van der Waals surface area contributed by atoms with E-state index in [9.17, 15) is 18.0 Å². The Bertz CT molecular complexity index is 799. The van der Waals surface area contributed by atoms with Crippen LogP contribution in [0.15, 0.2) is 24.3 Å². The van der Waals surface area contributed by atoms with Gasteiger partial charge in [-0.3, -0.25) is 0 Å². The average molecular weight is 460 g/mol. The molecule has 0 unspecified atom stereocenters. The molecule has 0 amide bonds. The molecule has 0 aliphatic rings. The van der Waals surface area contributed by atoms with Gasteiger partial charge in [-0.25, -0.2) is 4.79 Å². The van der Waals surface area contributed by atoms with Gasteiger partial charge in [0.25, 0.3) is 0 Å². The number of carbonyl (C=O) groups is 1. The molecule has 145 valence electrons. The number of rotatable bonds is 12. The van der Waals surface area contributed by atoms with Crippen molar-refractivity contribution in [1.29, 1.82) is 0 Å². The molecule has 0 aliphatic heterocycles. The fourth-order valence-corrected chi connectivity index (χ4v) is 4.51. The minimum atomic E-state index is -4.62. The highest BCUT2D eigenvalue weighted by atomic mass is 19.4. The number of alkyl halides is 3. The Morgan fingerprint density at radius 1 is 0.658 bits per heavy atom. The highest BCUT2D eigenvalue weighted by Crippen LogP contribution is 2.31. The van der Waals surface area contributed by atoms with Crippen molar-refractivity contribution in [3.8, 4) is 0 Å². The van der Waals surface area contributed by atoms with Crippen LogP contribution in [0.25, 0.3) is 0 Å². The molecular formula is C8H5B25F3O2. The number of hydrogen-bond acceptors (Lipinski definition) is 1. The van der Waals surface area contributed by atoms with Crippen LogP contribution in [0, 0.1) is 0 Å². The zero-order valence-electron chi connectivity index (χ0n) is 20.7. The standard InChI is InChI=1S/C8H5F3O2.B25/c9-8(10,11)6-4-2-1-3-5(6)7(12)13;1-14-21(15(2)3)24(20(12)13)25(22(16(4)5)17(6)7)23(18(8)9)19(10)11/h1-4H,(H,12,13);. The van der Waals surface area contributed by atoms with Crippen molar-refractivity contribution in [3.05, 3.63) is 35.4 Å². The van der Waals surface area contributed by atoms with Crippen LogP contribution in [-0.2, 0) is 6.18 Å². The molecule has 0 spiro atoms. The van der Waals surface area contributed by atoms with Gasteiger partial charge in [-0.05, 0) is 12.1 Å². The van der Waals surface area contributed by atoms with Crippen molar-refractivity contribution >= 4 is 184 Å². The van der Waals surface area contributed by atoms with E-state index in [1.54, 1.807) is 0 Å². The predicted molar refractivity (Wildman–Crippen MR) is 182 cm³/mol. The molecule has 0 saturated heterocycles. The first kappa shape index (κ1) is 38.1. The van der Waals surface area contributed by atoms with Crippen LogP contribution in [0.3, 0.4) is 0 Å². The van der Waals surface area contributed by atoms with E-state index in [0.717, 1.165) is 18.2 Å². The van der Waals surface area contributed by atoms with E-state index in [1.165, 1.54) is 13.1 Å². The first-order valence-electron chi connectivity index (χ1n) is 11.3. The lowest BCUT2D eigenvalue weighted by Crippen LogP contribution is -2.85. The molecular weight excluding hydrogens is 455 g/mol. The molecule has 27 radical (unpaired) electrons. The van der Waals surface area contributed by atoms with Crippen molar-refractivity contribution in [2.75, 3.05) is 0 Å². The molecule has 38 heavy (non-hydrogen) atoms.